The highest BCUT2D eigenvalue weighted by Crippen LogP contribution is 2.21. The highest BCUT2D eigenvalue weighted by Gasteiger charge is 2.21. The zero-order valence-electron chi connectivity index (χ0n) is 13.1. The molecule has 0 heterocycles. The third kappa shape index (κ3) is 3.62. The average molecular weight is 301 g/mol. The van der Waals surface area contributed by atoms with Gasteiger partial charge in [-0.3, -0.25) is 9.63 Å². The molecule has 0 unspecified atom stereocenters. The van der Waals surface area contributed by atoms with Crippen LogP contribution in [-0.4, -0.2) is 24.6 Å². The molecule has 0 saturated carbocycles. The molecule has 116 valence electrons. The standard InChI is InChI=1S/C17H19NO4/c1-17(2,3)22-18-15(19)13-9-11-7-5-6-8-12(11)10-14(13)16(20)21-4/h5-10H,1-4H3,(H,18,19). The maximum Gasteiger partial charge on any atom is 0.338 e. The van der Waals surface area contributed by atoms with Gasteiger partial charge in [0.25, 0.3) is 5.91 Å². The van der Waals surface area contributed by atoms with E-state index in [4.69, 9.17) is 9.57 Å². The van der Waals surface area contributed by atoms with Gasteiger partial charge in [0.1, 0.15) is 0 Å². The summed E-state index contributed by atoms with van der Waals surface area (Å²) in [5.74, 6) is -1.05. The maximum atomic E-state index is 12.3. The molecule has 0 aliphatic rings. The van der Waals surface area contributed by atoms with Gasteiger partial charge in [-0.25, -0.2) is 10.3 Å². The van der Waals surface area contributed by atoms with Crippen LogP contribution in [0.4, 0.5) is 0 Å². The third-order valence-corrected chi connectivity index (χ3v) is 2.99. The molecule has 22 heavy (non-hydrogen) atoms. The van der Waals surface area contributed by atoms with Crippen LogP contribution in [0.25, 0.3) is 10.8 Å². The summed E-state index contributed by atoms with van der Waals surface area (Å²) in [4.78, 5) is 29.5. The minimum atomic E-state index is -0.563. The highest BCUT2D eigenvalue weighted by atomic mass is 16.7. The van der Waals surface area contributed by atoms with E-state index in [0.29, 0.717) is 0 Å². The predicted octanol–water partition coefficient (Wildman–Crippen LogP) is 3.09. The Kier molecular flexibility index (Phi) is 4.47. The number of hydrogen-bond donors (Lipinski definition) is 1. The summed E-state index contributed by atoms with van der Waals surface area (Å²) in [6.45, 7) is 5.44. The number of methoxy groups -OCH3 is 1. The fourth-order valence-electron chi connectivity index (χ4n) is 1.96. The number of rotatable bonds is 3. The van der Waals surface area contributed by atoms with Gasteiger partial charge in [-0.05, 0) is 43.7 Å². The lowest BCUT2D eigenvalue weighted by molar-refractivity contribution is -0.0590. The number of ether oxygens (including phenoxy) is 1. The lowest BCUT2D eigenvalue weighted by Gasteiger charge is -2.19. The molecule has 0 spiro atoms. The van der Waals surface area contributed by atoms with Gasteiger partial charge in [0.2, 0.25) is 0 Å². The zero-order chi connectivity index (χ0) is 16.3. The first-order valence-corrected chi connectivity index (χ1v) is 6.91. The number of fused-ring (bicyclic) bond motifs is 1. The number of nitrogens with one attached hydrogen (secondary N) is 1. The monoisotopic (exact) mass is 301 g/mol. The summed E-state index contributed by atoms with van der Waals surface area (Å²) in [7, 11) is 1.28. The minimum Gasteiger partial charge on any atom is -0.465 e. The van der Waals surface area contributed by atoms with E-state index in [1.807, 2.05) is 45.0 Å². The second kappa shape index (κ2) is 6.15. The van der Waals surface area contributed by atoms with E-state index in [2.05, 4.69) is 5.48 Å². The van der Waals surface area contributed by atoms with E-state index in [1.165, 1.54) is 7.11 Å². The van der Waals surface area contributed by atoms with Gasteiger partial charge in [0, 0.05) is 0 Å². The molecule has 0 radical (unpaired) electrons. The van der Waals surface area contributed by atoms with Crippen molar-refractivity contribution in [1.29, 1.82) is 0 Å². The molecule has 5 heteroatoms. The number of carbonyl (C=O) groups excluding carboxylic acids is 2. The molecule has 2 rings (SSSR count). The van der Waals surface area contributed by atoms with Gasteiger partial charge in [-0.1, -0.05) is 24.3 Å². The molecule has 0 aliphatic carbocycles. The molecule has 0 fully saturated rings. The maximum absolute atomic E-state index is 12.3. The van der Waals surface area contributed by atoms with Gasteiger partial charge in [0.05, 0.1) is 23.8 Å². The van der Waals surface area contributed by atoms with Crippen molar-refractivity contribution in [2.75, 3.05) is 7.11 Å². The molecule has 0 aliphatic heterocycles. The van der Waals surface area contributed by atoms with Crippen LogP contribution in [0.15, 0.2) is 36.4 Å². The van der Waals surface area contributed by atoms with Gasteiger partial charge in [-0.15, -0.1) is 0 Å². The van der Waals surface area contributed by atoms with E-state index in [0.717, 1.165) is 10.8 Å². The Morgan fingerprint density at radius 2 is 1.55 bits per heavy atom. The summed E-state index contributed by atoms with van der Waals surface area (Å²) < 4.78 is 4.76. The van der Waals surface area contributed by atoms with Crippen LogP contribution in [0, 0.1) is 0 Å². The normalized spacial score (nSPS) is 11.3. The number of hydrogen-bond acceptors (Lipinski definition) is 4. The molecular weight excluding hydrogens is 282 g/mol. The Morgan fingerprint density at radius 3 is 2.05 bits per heavy atom. The van der Waals surface area contributed by atoms with Crippen LogP contribution in [0.1, 0.15) is 41.5 Å². The van der Waals surface area contributed by atoms with Crippen molar-refractivity contribution < 1.29 is 19.2 Å². The number of carbonyl (C=O) groups is 2. The van der Waals surface area contributed by atoms with E-state index in [9.17, 15) is 9.59 Å². The van der Waals surface area contributed by atoms with Crippen molar-refractivity contribution in [1.82, 2.24) is 5.48 Å². The van der Waals surface area contributed by atoms with Crippen molar-refractivity contribution in [3.63, 3.8) is 0 Å². The van der Waals surface area contributed by atoms with E-state index < -0.39 is 17.5 Å². The lowest BCUT2D eigenvalue weighted by atomic mass is 10.0. The predicted molar refractivity (Wildman–Crippen MR) is 83.6 cm³/mol. The molecule has 0 bridgehead atoms. The lowest BCUT2D eigenvalue weighted by Crippen LogP contribution is -2.34. The van der Waals surface area contributed by atoms with Crippen LogP contribution < -0.4 is 5.48 Å². The topological polar surface area (TPSA) is 64.6 Å². The molecule has 5 nitrogen and oxygen atoms in total. The van der Waals surface area contributed by atoms with Crippen molar-refractivity contribution in [3.8, 4) is 0 Å². The first-order chi connectivity index (χ1) is 10.3. The van der Waals surface area contributed by atoms with Crippen molar-refractivity contribution in [2.45, 2.75) is 26.4 Å². The average Bonchev–Trinajstić information content (AvgIpc) is 2.49. The summed E-state index contributed by atoms with van der Waals surface area (Å²) in [6.07, 6.45) is 0. The van der Waals surface area contributed by atoms with E-state index in [1.54, 1.807) is 12.1 Å². The molecule has 1 amide bonds. The van der Waals surface area contributed by atoms with Gasteiger partial charge < -0.3 is 4.74 Å². The largest absolute Gasteiger partial charge is 0.465 e. The molecule has 2 aromatic rings. The Bertz CT molecular complexity index is 716. The first kappa shape index (κ1) is 16.0. The number of benzene rings is 2. The van der Waals surface area contributed by atoms with Gasteiger partial charge in [0.15, 0.2) is 0 Å². The summed E-state index contributed by atoms with van der Waals surface area (Å²) >= 11 is 0. The van der Waals surface area contributed by atoms with Crippen LogP contribution in [0.2, 0.25) is 0 Å². The highest BCUT2D eigenvalue weighted by molar-refractivity contribution is 6.08. The second-order valence-electron chi connectivity index (χ2n) is 5.88. The molecular formula is C17H19NO4. The second-order valence-corrected chi connectivity index (χ2v) is 5.88. The van der Waals surface area contributed by atoms with Crippen molar-refractivity contribution in [2.24, 2.45) is 0 Å². The van der Waals surface area contributed by atoms with Crippen molar-refractivity contribution in [3.05, 3.63) is 47.5 Å². The summed E-state index contributed by atoms with van der Waals surface area (Å²) in [5.41, 5.74) is 2.27. The third-order valence-electron chi connectivity index (χ3n) is 2.99. The zero-order valence-corrected chi connectivity index (χ0v) is 13.1. The van der Waals surface area contributed by atoms with E-state index in [-0.39, 0.29) is 11.1 Å². The Morgan fingerprint density at radius 1 is 1.00 bits per heavy atom. The number of hydroxylamine groups is 1. The quantitative estimate of drug-likeness (QED) is 0.699. The van der Waals surface area contributed by atoms with Gasteiger partial charge in [-0.2, -0.15) is 0 Å². The van der Waals surface area contributed by atoms with Crippen LogP contribution >= 0.6 is 0 Å². The minimum absolute atomic E-state index is 0.205. The molecule has 0 aromatic heterocycles. The molecule has 1 N–H and O–H groups in total. The van der Waals surface area contributed by atoms with Gasteiger partial charge >= 0.3 is 5.97 Å². The van der Waals surface area contributed by atoms with E-state index >= 15 is 0 Å². The van der Waals surface area contributed by atoms with Crippen molar-refractivity contribution >= 4 is 22.6 Å². The summed E-state index contributed by atoms with van der Waals surface area (Å²) in [5, 5.41) is 1.72. The molecule has 2 aromatic carbocycles. The fourth-order valence-corrected chi connectivity index (χ4v) is 1.96. The van der Waals surface area contributed by atoms with Crippen LogP contribution in [0.3, 0.4) is 0 Å². The van der Waals surface area contributed by atoms with Crippen LogP contribution in [-0.2, 0) is 9.57 Å². The molecule has 0 atom stereocenters. The Labute approximate surface area is 129 Å². The summed E-state index contributed by atoms with van der Waals surface area (Å²) in [6, 6.07) is 10.8. The first-order valence-electron chi connectivity index (χ1n) is 6.91. The molecule has 0 saturated heterocycles. The Balaban J connectivity index is 2.45. The smallest absolute Gasteiger partial charge is 0.338 e. The number of esters is 1. The fraction of sp³-hybridized carbons (Fsp3) is 0.294. The SMILES string of the molecule is COC(=O)c1cc2ccccc2cc1C(=O)NOC(C)(C)C. The Hall–Kier alpha value is -2.40. The number of amides is 1. The van der Waals surface area contributed by atoms with Crippen LogP contribution in [0.5, 0.6) is 0 Å².